The second kappa shape index (κ2) is 5.95. The van der Waals surface area contributed by atoms with Crippen molar-refractivity contribution in [1.82, 2.24) is 0 Å². The van der Waals surface area contributed by atoms with E-state index >= 15 is 0 Å². The number of halogens is 4. The van der Waals surface area contributed by atoms with Crippen molar-refractivity contribution < 1.29 is 17.9 Å². The fourth-order valence-corrected chi connectivity index (χ4v) is 1.98. The number of hydrogen-bond donors (Lipinski definition) is 1. The topological polar surface area (TPSA) is 35.2 Å². The standard InChI is InChI=1S/C15H13ClF3NO/c1-9-2-4-12(16)7-14(9)21-13-5-3-11(15(17,18)19)6-10(13)8-20/h2-7H,8,20H2,1H3. The summed E-state index contributed by atoms with van der Waals surface area (Å²) in [6.45, 7) is 1.76. The van der Waals surface area contributed by atoms with Crippen molar-refractivity contribution in [2.45, 2.75) is 19.6 Å². The minimum absolute atomic E-state index is 0.0567. The third kappa shape index (κ3) is 3.68. The lowest BCUT2D eigenvalue weighted by Gasteiger charge is -2.14. The Kier molecular flexibility index (Phi) is 4.44. The first kappa shape index (κ1) is 15.7. The summed E-state index contributed by atoms with van der Waals surface area (Å²) in [6, 6.07) is 8.31. The van der Waals surface area contributed by atoms with Crippen molar-refractivity contribution in [3.05, 3.63) is 58.1 Å². The fraction of sp³-hybridized carbons (Fsp3) is 0.200. The summed E-state index contributed by atoms with van der Waals surface area (Å²) in [5.74, 6) is 0.771. The maximum absolute atomic E-state index is 12.7. The highest BCUT2D eigenvalue weighted by atomic mass is 35.5. The highest BCUT2D eigenvalue weighted by molar-refractivity contribution is 6.30. The molecule has 2 rings (SSSR count). The number of ether oxygens (including phenoxy) is 1. The molecule has 0 aliphatic heterocycles. The van der Waals surface area contributed by atoms with Crippen LogP contribution >= 0.6 is 11.6 Å². The Morgan fingerprint density at radius 2 is 1.81 bits per heavy atom. The molecule has 0 saturated heterocycles. The zero-order chi connectivity index (χ0) is 15.6. The van der Waals surface area contributed by atoms with E-state index in [1.54, 1.807) is 18.2 Å². The molecule has 0 aliphatic carbocycles. The Hall–Kier alpha value is -1.72. The van der Waals surface area contributed by atoms with E-state index in [1.807, 2.05) is 6.92 Å². The molecule has 0 aromatic heterocycles. The average molecular weight is 316 g/mol. The Bertz CT molecular complexity index is 656. The van der Waals surface area contributed by atoms with Crippen LogP contribution in [0.1, 0.15) is 16.7 Å². The summed E-state index contributed by atoms with van der Waals surface area (Å²) in [4.78, 5) is 0. The van der Waals surface area contributed by atoms with Crippen molar-refractivity contribution in [2.75, 3.05) is 0 Å². The zero-order valence-corrected chi connectivity index (χ0v) is 11.9. The Labute approximate surface area is 125 Å². The van der Waals surface area contributed by atoms with Crippen molar-refractivity contribution in [3.63, 3.8) is 0 Å². The second-order valence-electron chi connectivity index (χ2n) is 4.54. The Balaban J connectivity index is 2.38. The molecular weight excluding hydrogens is 303 g/mol. The van der Waals surface area contributed by atoms with E-state index in [0.29, 0.717) is 10.8 Å². The van der Waals surface area contributed by atoms with Crippen molar-refractivity contribution in [1.29, 1.82) is 0 Å². The van der Waals surface area contributed by atoms with Gasteiger partial charge in [0.2, 0.25) is 0 Å². The van der Waals surface area contributed by atoms with Crippen LogP contribution in [0.5, 0.6) is 11.5 Å². The first-order valence-corrected chi connectivity index (χ1v) is 6.53. The van der Waals surface area contributed by atoms with E-state index in [0.717, 1.165) is 17.7 Å². The molecule has 0 radical (unpaired) electrons. The lowest BCUT2D eigenvalue weighted by Crippen LogP contribution is -2.08. The van der Waals surface area contributed by atoms with Gasteiger partial charge in [-0.25, -0.2) is 0 Å². The molecule has 0 atom stereocenters. The first-order valence-electron chi connectivity index (χ1n) is 6.15. The van der Waals surface area contributed by atoms with Crippen molar-refractivity contribution in [2.24, 2.45) is 5.73 Å². The molecule has 0 saturated carbocycles. The summed E-state index contributed by atoms with van der Waals surface area (Å²) in [7, 11) is 0. The Morgan fingerprint density at radius 3 is 2.43 bits per heavy atom. The quantitative estimate of drug-likeness (QED) is 0.872. The lowest BCUT2D eigenvalue weighted by atomic mass is 10.1. The minimum atomic E-state index is -4.41. The lowest BCUT2D eigenvalue weighted by molar-refractivity contribution is -0.137. The maximum Gasteiger partial charge on any atom is 0.416 e. The monoisotopic (exact) mass is 315 g/mol. The molecule has 0 unspecified atom stereocenters. The molecule has 21 heavy (non-hydrogen) atoms. The van der Waals surface area contributed by atoms with Gasteiger partial charge in [0.25, 0.3) is 0 Å². The van der Waals surface area contributed by atoms with E-state index in [-0.39, 0.29) is 17.9 Å². The number of benzene rings is 2. The predicted octanol–water partition coefficient (Wildman–Crippen LogP) is 4.92. The molecule has 0 spiro atoms. The smallest absolute Gasteiger partial charge is 0.416 e. The van der Waals surface area contributed by atoms with Gasteiger partial charge in [-0.3, -0.25) is 0 Å². The second-order valence-corrected chi connectivity index (χ2v) is 4.97. The molecule has 0 amide bonds. The van der Waals surface area contributed by atoms with Gasteiger partial charge in [0, 0.05) is 17.1 Å². The molecule has 0 fully saturated rings. The molecule has 2 aromatic carbocycles. The molecule has 112 valence electrons. The van der Waals surface area contributed by atoms with Gasteiger partial charge in [-0.1, -0.05) is 17.7 Å². The van der Waals surface area contributed by atoms with E-state index in [4.69, 9.17) is 22.1 Å². The van der Waals surface area contributed by atoms with E-state index < -0.39 is 11.7 Å². The van der Waals surface area contributed by atoms with Gasteiger partial charge in [0.15, 0.2) is 0 Å². The number of alkyl halides is 3. The summed E-state index contributed by atoms with van der Waals surface area (Å²) in [5.41, 5.74) is 5.86. The molecule has 2 aromatic rings. The van der Waals surface area contributed by atoms with Gasteiger partial charge >= 0.3 is 6.18 Å². The van der Waals surface area contributed by atoms with Gasteiger partial charge in [0.1, 0.15) is 11.5 Å². The molecule has 6 heteroatoms. The molecule has 0 bridgehead atoms. The maximum atomic E-state index is 12.7. The van der Waals surface area contributed by atoms with Crippen molar-refractivity contribution >= 4 is 11.6 Å². The van der Waals surface area contributed by atoms with Gasteiger partial charge in [0.05, 0.1) is 5.56 Å². The number of rotatable bonds is 3. The van der Waals surface area contributed by atoms with Gasteiger partial charge in [-0.2, -0.15) is 13.2 Å². The SMILES string of the molecule is Cc1ccc(Cl)cc1Oc1ccc(C(F)(F)F)cc1CN. The fourth-order valence-electron chi connectivity index (χ4n) is 1.82. The van der Waals surface area contributed by atoms with Crippen LogP contribution in [-0.2, 0) is 12.7 Å². The zero-order valence-electron chi connectivity index (χ0n) is 11.2. The number of aryl methyl sites for hydroxylation is 1. The molecular formula is C15H13ClF3NO. The third-order valence-electron chi connectivity index (χ3n) is 2.98. The minimum Gasteiger partial charge on any atom is -0.457 e. The largest absolute Gasteiger partial charge is 0.457 e. The molecule has 2 N–H and O–H groups in total. The summed E-state index contributed by atoms with van der Waals surface area (Å²) in [5, 5.41) is 0.483. The molecule has 0 heterocycles. The normalized spacial score (nSPS) is 11.5. The van der Waals surface area contributed by atoms with Crippen LogP contribution in [0.3, 0.4) is 0 Å². The Morgan fingerprint density at radius 1 is 1.10 bits per heavy atom. The highest BCUT2D eigenvalue weighted by Crippen LogP contribution is 2.35. The molecule has 2 nitrogen and oxygen atoms in total. The van der Waals surface area contributed by atoms with Crippen LogP contribution in [0.4, 0.5) is 13.2 Å². The van der Waals surface area contributed by atoms with Gasteiger partial charge in [-0.05, 0) is 42.8 Å². The van der Waals surface area contributed by atoms with Crippen LogP contribution in [0, 0.1) is 6.92 Å². The van der Waals surface area contributed by atoms with Gasteiger partial charge in [-0.15, -0.1) is 0 Å². The summed E-state index contributed by atoms with van der Waals surface area (Å²) < 4.78 is 43.7. The first-order chi connectivity index (χ1) is 9.81. The van der Waals surface area contributed by atoms with E-state index in [9.17, 15) is 13.2 Å². The van der Waals surface area contributed by atoms with Crippen molar-refractivity contribution in [3.8, 4) is 11.5 Å². The van der Waals surface area contributed by atoms with Gasteiger partial charge < -0.3 is 10.5 Å². The number of nitrogens with two attached hydrogens (primary N) is 1. The van der Waals surface area contributed by atoms with Crippen LogP contribution in [0.15, 0.2) is 36.4 Å². The summed E-state index contributed by atoms with van der Waals surface area (Å²) in [6.07, 6.45) is -4.41. The van der Waals surface area contributed by atoms with Crippen LogP contribution in [-0.4, -0.2) is 0 Å². The molecule has 0 aliphatic rings. The average Bonchev–Trinajstić information content (AvgIpc) is 2.42. The highest BCUT2D eigenvalue weighted by Gasteiger charge is 2.31. The predicted molar refractivity (Wildman–Crippen MR) is 75.6 cm³/mol. The number of hydrogen-bond acceptors (Lipinski definition) is 2. The summed E-state index contributed by atoms with van der Waals surface area (Å²) >= 11 is 5.89. The van der Waals surface area contributed by atoms with Crippen LogP contribution in [0.25, 0.3) is 0 Å². The van der Waals surface area contributed by atoms with E-state index in [2.05, 4.69) is 0 Å². The third-order valence-corrected chi connectivity index (χ3v) is 3.21. The van der Waals surface area contributed by atoms with E-state index in [1.165, 1.54) is 6.07 Å². The van der Waals surface area contributed by atoms with Crippen LogP contribution < -0.4 is 10.5 Å². The van der Waals surface area contributed by atoms with Crippen LogP contribution in [0.2, 0.25) is 5.02 Å².